The molecule has 0 saturated heterocycles. The van der Waals surface area contributed by atoms with Gasteiger partial charge in [0.1, 0.15) is 5.60 Å². The SMILES string of the molecule is CCC(=O)[C@@]1(O)C=CC=CC1. The Bertz CT molecular complexity index is 216. The van der Waals surface area contributed by atoms with Crippen molar-refractivity contribution in [1.29, 1.82) is 0 Å². The molecular formula is C9H12O2. The molecule has 0 bridgehead atoms. The number of allylic oxidation sites excluding steroid dienone is 2. The summed E-state index contributed by atoms with van der Waals surface area (Å²) in [6.45, 7) is 1.76. The van der Waals surface area contributed by atoms with Crippen molar-refractivity contribution in [2.24, 2.45) is 0 Å². The summed E-state index contributed by atoms with van der Waals surface area (Å²) in [7, 11) is 0. The maximum atomic E-state index is 11.2. The Morgan fingerprint density at radius 1 is 1.64 bits per heavy atom. The summed E-state index contributed by atoms with van der Waals surface area (Å²) < 4.78 is 0. The van der Waals surface area contributed by atoms with E-state index in [-0.39, 0.29) is 5.78 Å². The lowest BCUT2D eigenvalue weighted by Gasteiger charge is -2.22. The van der Waals surface area contributed by atoms with Crippen LogP contribution >= 0.6 is 0 Å². The van der Waals surface area contributed by atoms with Crippen molar-refractivity contribution in [3.63, 3.8) is 0 Å². The van der Waals surface area contributed by atoms with Crippen LogP contribution < -0.4 is 0 Å². The van der Waals surface area contributed by atoms with Crippen LogP contribution in [0.15, 0.2) is 24.3 Å². The van der Waals surface area contributed by atoms with Gasteiger partial charge in [-0.3, -0.25) is 4.79 Å². The molecule has 0 aromatic heterocycles. The van der Waals surface area contributed by atoms with Gasteiger partial charge in [-0.25, -0.2) is 0 Å². The zero-order valence-corrected chi connectivity index (χ0v) is 6.58. The smallest absolute Gasteiger partial charge is 0.168 e. The molecule has 1 atom stereocenters. The van der Waals surface area contributed by atoms with E-state index in [1.807, 2.05) is 6.08 Å². The minimum Gasteiger partial charge on any atom is -0.378 e. The minimum atomic E-state index is -1.22. The van der Waals surface area contributed by atoms with Crippen molar-refractivity contribution in [1.82, 2.24) is 0 Å². The Morgan fingerprint density at radius 3 is 2.82 bits per heavy atom. The second kappa shape index (κ2) is 3.01. The molecule has 2 nitrogen and oxygen atoms in total. The fraction of sp³-hybridized carbons (Fsp3) is 0.444. The Hall–Kier alpha value is -0.890. The van der Waals surface area contributed by atoms with E-state index in [0.717, 1.165) is 0 Å². The summed E-state index contributed by atoms with van der Waals surface area (Å²) in [5, 5.41) is 9.65. The lowest BCUT2D eigenvalue weighted by molar-refractivity contribution is -0.132. The van der Waals surface area contributed by atoms with Gasteiger partial charge in [-0.05, 0) is 6.08 Å². The number of Topliss-reactive ketones (excluding diaryl/α,β-unsaturated/α-hetero) is 1. The first kappa shape index (κ1) is 8.21. The normalized spacial score (nSPS) is 28.9. The van der Waals surface area contributed by atoms with Crippen molar-refractivity contribution >= 4 is 5.78 Å². The number of carbonyl (C=O) groups excluding carboxylic acids is 1. The molecule has 1 aliphatic carbocycles. The predicted molar refractivity (Wildman–Crippen MR) is 43.1 cm³/mol. The summed E-state index contributed by atoms with van der Waals surface area (Å²) >= 11 is 0. The lowest BCUT2D eigenvalue weighted by atomic mass is 9.90. The first-order valence-corrected chi connectivity index (χ1v) is 3.79. The third-order valence-electron chi connectivity index (χ3n) is 1.85. The molecule has 0 amide bonds. The largest absolute Gasteiger partial charge is 0.378 e. The first-order chi connectivity index (χ1) is 5.19. The highest BCUT2D eigenvalue weighted by molar-refractivity contribution is 5.89. The number of hydrogen-bond acceptors (Lipinski definition) is 2. The van der Waals surface area contributed by atoms with Crippen LogP contribution in [0, 0.1) is 0 Å². The molecule has 0 radical (unpaired) electrons. The highest BCUT2D eigenvalue weighted by Gasteiger charge is 2.30. The number of carbonyl (C=O) groups is 1. The molecule has 0 heterocycles. The van der Waals surface area contributed by atoms with Crippen molar-refractivity contribution in [2.45, 2.75) is 25.4 Å². The number of rotatable bonds is 2. The van der Waals surface area contributed by atoms with Gasteiger partial charge in [0, 0.05) is 12.8 Å². The average molecular weight is 152 g/mol. The van der Waals surface area contributed by atoms with Gasteiger partial charge in [-0.2, -0.15) is 0 Å². The van der Waals surface area contributed by atoms with Crippen LogP contribution in [0.5, 0.6) is 0 Å². The van der Waals surface area contributed by atoms with Crippen LogP contribution in [-0.4, -0.2) is 16.5 Å². The van der Waals surface area contributed by atoms with Gasteiger partial charge in [0.2, 0.25) is 0 Å². The van der Waals surface area contributed by atoms with E-state index in [9.17, 15) is 9.90 Å². The Morgan fingerprint density at radius 2 is 2.36 bits per heavy atom. The molecule has 0 saturated carbocycles. The fourth-order valence-corrected chi connectivity index (χ4v) is 1.12. The summed E-state index contributed by atoms with van der Waals surface area (Å²) in [5.41, 5.74) is -1.22. The third kappa shape index (κ3) is 1.57. The van der Waals surface area contributed by atoms with Gasteiger partial charge in [0.05, 0.1) is 0 Å². The fourth-order valence-electron chi connectivity index (χ4n) is 1.12. The molecule has 1 rings (SSSR count). The zero-order chi connectivity index (χ0) is 8.32. The second-order valence-electron chi connectivity index (χ2n) is 2.69. The molecule has 0 aliphatic heterocycles. The molecule has 0 spiro atoms. The molecule has 2 heteroatoms. The molecule has 0 unspecified atom stereocenters. The van der Waals surface area contributed by atoms with E-state index < -0.39 is 5.60 Å². The summed E-state index contributed by atoms with van der Waals surface area (Å²) in [6, 6.07) is 0. The Balaban J connectivity index is 2.75. The monoisotopic (exact) mass is 152 g/mol. The Kier molecular flexibility index (Phi) is 2.25. The van der Waals surface area contributed by atoms with Gasteiger partial charge in [-0.15, -0.1) is 0 Å². The van der Waals surface area contributed by atoms with E-state index in [1.165, 1.54) is 0 Å². The standard InChI is InChI=1S/C9H12O2/c1-2-8(10)9(11)6-4-3-5-7-9/h3-6,11H,2,7H2,1H3/t9-/m1/s1. The summed E-state index contributed by atoms with van der Waals surface area (Å²) in [6.07, 6.45) is 7.69. The van der Waals surface area contributed by atoms with Crippen LogP contribution in [0.4, 0.5) is 0 Å². The van der Waals surface area contributed by atoms with Gasteiger partial charge in [0.15, 0.2) is 5.78 Å². The van der Waals surface area contributed by atoms with Crippen LogP contribution in [-0.2, 0) is 4.79 Å². The minimum absolute atomic E-state index is 0.113. The quantitative estimate of drug-likeness (QED) is 0.645. The van der Waals surface area contributed by atoms with Crippen LogP contribution in [0.1, 0.15) is 19.8 Å². The maximum absolute atomic E-state index is 11.2. The molecule has 1 aliphatic rings. The van der Waals surface area contributed by atoms with Crippen molar-refractivity contribution in [3.8, 4) is 0 Å². The van der Waals surface area contributed by atoms with Crippen molar-refractivity contribution in [3.05, 3.63) is 24.3 Å². The number of hydrogen-bond donors (Lipinski definition) is 1. The Labute approximate surface area is 66.2 Å². The summed E-state index contributed by atoms with van der Waals surface area (Å²) in [4.78, 5) is 11.2. The average Bonchev–Trinajstić information content (AvgIpc) is 2.04. The molecule has 1 N–H and O–H groups in total. The zero-order valence-electron chi connectivity index (χ0n) is 6.58. The lowest BCUT2D eigenvalue weighted by Crippen LogP contribution is -2.36. The summed E-state index contributed by atoms with van der Waals surface area (Å²) in [5.74, 6) is -0.113. The molecular weight excluding hydrogens is 140 g/mol. The third-order valence-corrected chi connectivity index (χ3v) is 1.85. The van der Waals surface area contributed by atoms with E-state index >= 15 is 0 Å². The van der Waals surface area contributed by atoms with E-state index in [2.05, 4.69) is 0 Å². The highest BCUT2D eigenvalue weighted by Crippen LogP contribution is 2.19. The molecule has 0 aromatic rings. The second-order valence-corrected chi connectivity index (χ2v) is 2.69. The molecule has 60 valence electrons. The van der Waals surface area contributed by atoms with E-state index in [1.54, 1.807) is 25.2 Å². The first-order valence-electron chi connectivity index (χ1n) is 3.79. The van der Waals surface area contributed by atoms with E-state index in [0.29, 0.717) is 12.8 Å². The molecule has 11 heavy (non-hydrogen) atoms. The number of ketones is 1. The van der Waals surface area contributed by atoms with Crippen molar-refractivity contribution in [2.75, 3.05) is 0 Å². The van der Waals surface area contributed by atoms with Crippen LogP contribution in [0.25, 0.3) is 0 Å². The van der Waals surface area contributed by atoms with Gasteiger partial charge >= 0.3 is 0 Å². The van der Waals surface area contributed by atoms with Gasteiger partial charge < -0.3 is 5.11 Å². The van der Waals surface area contributed by atoms with Crippen molar-refractivity contribution < 1.29 is 9.90 Å². The highest BCUT2D eigenvalue weighted by atomic mass is 16.3. The van der Waals surface area contributed by atoms with Crippen LogP contribution in [0.3, 0.4) is 0 Å². The maximum Gasteiger partial charge on any atom is 0.168 e. The topological polar surface area (TPSA) is 37.3 Å². The van der Waals surface area contributed by atoms with Gasteiger partial charge in [-0.1, -0.05) is 25.2 Å². The molecule has 0 fully saturated rings. The molecule has 0 aromatic carbocycles. The number of aliphatic hydroxyl groups is 1. The predicted octanol–water partition coefficient (Wildman–Crippen LogP) is 1.21. The van der Waals surface area contributed by atoms with Gasteiger partial charge in [0.25, 0.3) is 0 Å². The van der Waals surface area contributed by atoms with E-state index in [4.69, 9.17) is 0 Å². The van der Waals surface area contributed by atoms with Crippen LogP contribution in [0.2, 0.25) is 0 Å².